The number of nitrogens with zero attached hydrogens (tertiary/aromatic N) is 2. The minimum atomic E-state index is -3.99. The lowest BCUT2D eigenvalue weighted by Crippen LogP contribution is -2.50. The van der Waals surface area contributed by atoms with Crippen LogP contribution in [0.4, 0.5) is 8.78 Å². The highest BCUT2D eigenvalue weighted by Crippen LogP contribution is 2.22. The molecule has 0 bridgehead atoms. The number of benzene rings is 1. The molecular weight excluding hydrogens is 402 g/mol. The van der Waals surface area contributed by atoms with Crippen LogP contribution in [-0.2, 0) is 24.7 Å². The molecule has 0 N–H and O–H groups in total. The van der Waals surface area contributed by atoms with Gasteiger partial charge in [0, 0.05) is 43.9 Å². The van der Waals surface area contributed by atoms with E-state index < -0.39 is 31.5 Å². The lowest BCUT2D eigenvalue weighted by molar-refractivity contribution is -0.132. The second-order valence-electron chi connectivity index (χ2n) is 6.48. The molecule has 27 heavy (non-hydrogen) atoms. The Labute approximate surface area is 156 Å². The van der Waals surface area contributed by atoms with E-state index in [9.17, 15) is 30.4 Å². The minimum absolute atomic E-state index is 0.0197. The van der Waals surface area contributed by atoms with Crippen molar-refractivity contribution in [3.8, 4) is 0 Å². The van der Waals surface area contributed by atoms with E-state index in [1.54, 1.807) is 0 Å². The molecule has 1 amide bonds. The van der Waals surface area contributed by atoms with E-state index in [0.29, 0.717) is 6.07 Å². The van der Waals surface area contributed by atoms with Crippen molar-refractivity contribution in [2.24, 2.45) is 5.92 Å². The first kappa shape index (κ1) is 19.9. The van der Waals surface area contributed by atoms with Crippen LogP contribution in [0.2, 0.25) is 0 Å². The smallest absolute Gasteiger partial charge is 0.243 e. The van der Waals surface area contributed by atoms with Crippen LogP contribution >= 0.6 is 0 Å². The van der Waals surface area contributed by atoms with Gasteiger partial charge >= 0.3 is 0 Å². The first-order valence-corrected chi connectivity index (χ1v) is 11.4. The summed E-state index contributed by atoms with van der Waals surface area (Å²) in [5.74, 6) is -3.08. The van der Waals surface area contributed by atoms with Crippen molar-refractivity contribution >= 4 is 25.8 Å². The molecule has 3 rings (SSSR count). The molecule has 1 aromatic carbocycles. The molecule has 7 nitrogen and oxygen atoms in total. The Morgan fingerprint density at radius 1 is 1.11 bits per heavy atom. The van der Waals surface area contributed by atoms with E-state index in [-0.39, 0.29) is 55.1 Å². The molecule has 2 aliphatic heterocycles. The zero-order valence-electron chi connectivity index (χ0n) is 14.2. The summed E-state index contributed by atoms with van der Waals surface area (Å²) in [6.45, 7) is 0.327. The summed E-state index contributed by atoms with van der Waals surface area (Å²) in [5, 5.41) is 1.11. The molecular formula is C16H18F2N2O5S2. The number of allylic oxidation sites excluding steroid dienone is 1. The first-order valence-electron chi connectivity index (χ1n) is 8.22. The third-order valence-corrected chi connectivity index (χ3v) is 7.92. The maximum absolute atomic E-state index is 13.3. The lowest BCUT2D eigenvalue weighted by Gasteiger charge is -2.34. The fourth-order valence-corrected chi connectivity index (χ4v) is 5.92. The Morgan fingerprint density at radius 2 is 1.78 bits per heavy atom. The van der Waals surface area contributed by atoms with Crippen LogP contribution in [0.5, 0.6) is 0 Å². The third kappa shape index (κ3) is 4.36. The molecule has 148 valence electrons. The van der Waals surface area contributed by atoms with Crippen LogP contribution in [0, 0.1) is 17.6 Å². The molecule has 11 heteroatoms. The Kier molecular flexibility index (Phi) is 5.37. The first-order chi connectivity index (χ1) is 12.6. The number of carbonyl (C=O) groups is 1. The molecule has 0 spiro atoms. The quantitative estimate of drug-likeness (QED) is 0.717. The van der Waals surface area contributed by atoms with Crippen LogP contribution in [-0.4, -0.2) is 63.9 Å². The zero-order valence-corrected chi connectivity index (χ0v) is 15.8. The van der Waals surface area contributed by atoms with E-state index in [0.717, 1.165) is 21.8 Å². The molecule has 1 saturated heterocycles. The molecule has 1 aromatic rings. The summed E-state index contributed by atoms with van der Waals surface area (Å²) in [4.78, 5) is 13.4. The molecule has 0 aliphatic carbocycles. The van der Waals surface area contributed by atoms with Crippen LogP contribution in [0.15, 0.2) is 34.6 Å². The predicted octanol–water partition coefficient (Wildman–Crippen LogP) is 0.746. The number of sulfonamides is 1. The number of hydrogen-bond donors (Lipinski definition) is 0. The van der Waals surface area contributed by atoms with Gasteiger partial charge in [-0.2, -0.15) is 4.31 Å². The van der Waals surface area contributed by atoms with Crippen molar-refractivity contribution in [2.45, 2.75) is 11.3 Å². The molecule has 1 fully saturated rings. The minimum Gasteiger partial charge on any atom is -0.340 e. The monoisotopic (exact) mass is 420 g/mol. The summed E-state index contributed by atoms with van der Waals surface area (Å²) in [6.07, 6.45) is 1.54. The summed E-state index contributed by atoms with van der Waals surface area (Å²) in [5.41, 5.74) is 0. The van der Waals surface area contributed by atoms with Crippen molar-refractivity contribution in [3.63, 3.8) is 0 Å². The number of sulfone groups is 1. The SMILES string of the molecule is O=C(C[C@@H]1C=CS(=O)(=O)C1)N1CCN(S(=O)(=O)c2ccc(F)c(F)c2)CC1. The number of rotatable bonds is 4. The highest BCUT2D eigenvalue weighted by molar-refractivity contribution is 7.94. The number of halogens is 2. The van der Waals surface area contributed by atoms with Gasteiger partial charge in [0.15, 0.2) is 21.5 Å². The molecule has 0 radical (unpaired) electrons. The topological polar surface area (TPSA) is 91.8 Å². The van der Waals surface area contributed by atoms with Crippen molar-refractivity contribution in [1.82, 2.24) is 9.21 Å². The number of amides is 1. The molecule has 1 atom stereocenters. The fourth-order valence-electron chi connectivity index (χ4n) is 3.08. The normalized spacial score (nSPS) is 22.9. The average Bonchev–Trinajstić information content (AvgIpc) is 2.95. The van der Waals surface area contributed by atoms with Gasteiger partial charge < -0.3 is 4.90 Å². The van der Waals surface area contributed by atoms with Gasteiger partial charge in [0.1, 0.15) is 0 Å². The molecule has 0 saturated carbocycles. The maximum atomic E-state index is 13.3. The van der Waals surface area contributed by atoms with E-state index >= 15 is 0 Å². The standard InChI is InChI=1S/C16H18F2N2O5S2/c17-14-2-1-13(10-15(14)18)27(24,25)20-6-4-19(5-7-20)16(21)9-12-3-8-26(22,23)11-12/h1-3,8,10,12H,4-7,9,11H2/t12-/m0/s1. The van der Waals surface area contributed by atoms with Gasteiger partial charge in [-0.1, -0.05) is 6.08 Å². The van der Waals surface area contributed by atoms with Crippen LogP contribution in [0.3, 0.4) is 0 Å². The van der Waals surface area contributed by atoms with Crippen LogP contribution < -0.4 is 0 Å². The van der Waals surface area contributed by atoms with Crippen LogP contribution in [0.1, 0.15) is 6.42 Å². The highest BCUT2D eigenvalue weighted by Gasteiger charge is 2.32. The van der Waals surface area contributed by atoms with Crippen molar-refractivity contribution in [3.05, 3.63) is 41.3 Å². The molecule has 2 aliphatic rings. The summed E-state index contributed by atoms with van der Waals surface area (Å²) in [7, 11) is -7.22. The fraction of sp³-hybridized carbons (Fsp3) is 0.438. The van der Waals surface area contributed by atoms with Crippen molar-refractivity contribution in [2.75, 3.05) is 31.9 Å². The summed E-state index contributed by atoms with van der Waals surface area (Å²) in [6, 6.07) is 2.39. The maximum Gasteiger partial charge on any atom is 0.243 e. The van der Waals surface area contributed by atoms with Gasteiger partial charge in [-0.25, -0.2) is 25.6 Å². The number of carbonyl (C=O) groups excluding carboxylic acids is 1. The number of piperazine rings is 1. The van der Waals surface area contributed by atoms with Crippen LogP contribution in [0.25, 0.3) is 0 Å². The summed E-state index contributed by atoms with van der Waals surface area (Å²) >= 11 is 0. The Morgan fingerprint density at radius 3 is 2.33 bits per heavy atom. The second kappa shape index (κ2) is 7.28. The van der Waals surface area contributed by atoms with Crippen molar-refractivity contribution < 1.29 is 30.4 Å². The Bertz CT molecular complexity index is 984. The third-order valence-electron chi connectivity index (χ3n) is 4.56. The van der Waals surface area contributed by atoms with Gasteiger partial charge in [0.25, 0.3) is 0 Å². The van der Waals surface area contributed by atoms with E-state index in [1.807, 2.05) is 0 Å². The Hall–Kier alpha value is -1.85. The average molecular weight is 420 g/mol. The van der Waals surface area contributed by atoms with Gasteiger partial charge in [0.05, 0.1) is 10.6 Å². The van der Waals surface area contributed by atoms with Gasteiger partial charge in [-0.15, -0.1) is 0 Å². The van der Waals surface area contributed by atoms with E-state index in [1.165, 1.54) is 11.0 Å². The van der Waals surface area contributed by atoms with E-state index in [4.69, 9.17) is 0 Å². The van der Waals surface area contributed by atoms with Gasteiger partial charge in [-0.05, 0) is 18.2 Å². The molecule has 2 heterocycles. The largest absolute Gasteiger partial charge is 0.340 e. The summed E-state index contributed by atoms with van der Waals surface area (Å²) < 4.78 is 75.3. The van der Waals surface area contributed by atoms with Crippen molar-refractivity contribution in [1.29, 1.82) is 0 Å². The Balaban J connectivity index is 1.60. The molecule has 0 unspecified atom stereocenters. The lowest BCUT2D eigenvalue weighted by atomic mass is 10.1. The van der Waals surface area contributed by atoms with E-state index in [2.05, 4.69) is 0 Å². The van der Waals surface area contributed by atoms with Gasteiger partial charge in [-0.3, -0.25) is 4.79 Å². The number of hydrogen-bond acceptors (Lipinski definition) is 5. The highest BCUT2D eigenvalue weighted by atomic mass is 32.2. The predicted molar refractivity (Wildman–Crippen MR) is 92.7 cm³/mol. The second-order valence-corrected chi connectivity index (χ2v) is 10.4. The zero-order chi connectivity index (χ0) is 19.8. The van der Waals surface area contributed by atoms with Gasteiger partial charge in [0.2, 0.25) is 15.9 Å². The molecule has 0 aromatic heterocycles.